The van der Waals surface area contributed by atoms with E-state index in [-0.39, 0.29) is 23.1 Å². The molecule has 0 bridgehead atoms. The van der Waals surface area contributed by atoms with Crippen LogP contribution in [0.15, 0.2) is 11.4 Å². The largest absolute Gasteiger partial charge is 0.302 e. The molecule has 16 heavy (non-hydrogen) atoms. The van der Waals surface area contributed by atoms with E-state index in [0.29, 0.717) is 0 Å². The van der Waals surface area contributed by atoms with Crippen LogP contribution >= 0.6 is 11.3 Å². The van der Waals surface area contributed by atoms with Crippen LogP contribution in [0.25, 0.3) is 0 Å². The van der Waals surface area contributed by atoms with E-state index in [1.54, 1.807) is 11.3 Å². The van der Waals surface area contributed by atoms with Crippen LogP contribution < -0.4 is 5.32 Å². The molecule has 1 atom stereocenters. The molecule has 1 saturated heterocycles. The first-order valence-electron chi connectivity index (χ1n) is 5.31. The molecule has 1 aromatic heterocycles. The molecule has 1 aliphatic rings. The van der Waals surface area contributed by atoms with E-state index in [9.17, 15) is 8.42 Å². The van der Waals surface area contributed by atoms with Gasteiger partial charge in [0.2, 0.25) is 0 Å². The molecular formula is C11H17NO2S2. The van der Waals surface area contributed by atoms with Gasteiger partial charge in [0.1, 0.15) is 0 Å². The summed E-state index contributed by atoms with van der Waals surface area (Å²) in [5.41, 5.74) is 0.841. The van der Waals surface area contributed by atoms with Gasteiger partial charge in [-0.1, -0.05) is 0 Å². The smallest absolute Gasteiger partial charge is 0.153 e. The first-order valence-corrected chi connectivity index (χ1v) is 8.01. The van der Waals surface area contributed by atoms with Gasteiger partial charge in [-0.3, -0.25) is 0 Å². The number of thiophene rings is 1. The number of hydrogen-bond acceptors (Lipinski definition) is 4. The molecule has 0 spiro atoms. The van der Waals surface area contributed by atoms with E-state index in [1.165, 1.54) is 5.56 Å². The van der Waals surface area contributed by atoms with Crippen molar-refractivity contribution >= 4 is 21.2 Å². The number of nitrogens with one attached hydrogen (secondary N) is 1. The minimum absolute atomic E-state index is 0.0475. The van der Waals surface area contributed by atoms with Gasteiger partial charge in [0.15, 0.2) is 9.84 Å². The predicted octanol–water partition coefficient (Wildman–Crippen LogP) is 1.89. The Morgan fingerprint density at radius 1 is 1.50 bits per heavy atom. The fourth-order valence-electron chi connectivity index (χ4n) is 2.30. The Labute approximate surface area is 101 Å². The highest BCUT2D eigenvalue weighted by Gasteiger charge is 2.37. The maximum atomic E-state index is 11.8. The van der Waals surface area contributed by atoms with Gasteiger partial charge in [-0.25, -0.2) is 8.42 Å². The number of sulfone groups is 1. The zero-order chi connectivity index (χ0) is 12.0. The molecule has 1 fully saturated rings. The third-order valence-electron chi connectivity index (χ3n) is 2.78. The fraction of sp³-hybridized carbons (Fsp3) is 0.636. The Bertz CT molecular complexity index is 488. The Balaban J connectivity index is 2.34. The van der Waals surface area contributed by atoms with Gasteiger partial charge in [-0.05, 0) is 37.8 Å². The number of rotatable bonds is 1. The van der Waals surface area contributed by atoms with Crippen LogP contribution in [-0.4, -0.2) is 25.5 Å². The summed E-state index contributed by atoms with van der Waals surface area (Å²) in [6.45, 7) is 5.92. The van der Waals surface area contributed by atoms with Gasteiger partial charge in [-0.2, -0.15) is 0 Å². The average molecular weight is 259 g/mol. The summed E-state index contributed by atoms with van der Waals surface area (Å²) in [5.74, 6) is 0.443. The molecule has 0 saturated carbocycles. The minimum Gasteiger partial charge on any atom is -0.302 e. The van der Waals surface area contributed by atoms with Crippen molar-refractivity contribution in [2.24, 2.45) is 0 Å². The Morgan fingerprint density at radius 3 is 2.69 bits per heavy atom. The fourth-order valence-corrected chi connectivity index (χ4v) is 5.44. The summed E-state index contributed by atoms with van der Waals surface area (Å²) in [5, 5.41) is 5.44. The lowest BCUT2D eigenvalue weighted by Crippen LogP contribution is -2.53. The minimum atomic E-state index is -2.94. The highest BCUT2D eigenvalue weighted by Crippen LogP contribution is 2.30. The van der Waals surface area contributed by atoms with Crippen molar-refractivity contribution in [2.75, 3.05) is 11.5 Å². The highest BCUT2D eigenvalue weighted by molar-refractivity contribution is 7.91. The first kappa shape index (κ1) is 12.1. The molecule has 0 amide bonds. The molecule has 1 aromatic rings. The van der Waals surface area contributed by atoms with E-state index in [1.807, 2.05) is 32.2 Å². The SMILES string of the molecule is Cc1ccsc1C1CS(=O)(=O)CC(C)(C)N1. The normalized spacial score (nSPS) is 27.8. The molecule has 2 heterocycles. The second-order valence-electron chi connectivity index (χ2n) is 5.10. The lowest BCUT2D eigenvalue weighted by molar-refractivity contribution is 0.362. The zero-order valence-corrected chi connectivity index (χ0v) is 11.4. The van der Waals surface area contributed by atoms with Gasteiger partial charge < -0.3 is 5.32 Å². The van der Waals surface area contributed by atoms with E-state index >= 15 is 0 Å². The van der Waals surface area contributed by atoms with Crippen LogP contribution in [0, 0.1) is 6.92 Å². The summed E-state index contributed by atoms with van der Waals surface area (Å²) in [4.78, 5) is 1.15. The van der Waals surface area contributed by atoms with Crippen LogP contribution in [0.2, 0.25) is 0 Å². The molecule has 1 aliphatic heterocycles. The summed E-state index contributed by atoms with van der Waals surface area (Å²) in [7, 11) is -2.94. The highest BCUT2D eigenvalue weighted by atomic mass is 32.2. The molecule has 90 valence electrons. The predicted molar refractivity (Wildman–Crippen MR) is 67.7 cm³/mol. The molecule has 3 nitrogen and oxygen atoms in total. The first-order chi connectivity index (χ1) is 7.29. The van der Waals surface area contributed by atoms with Gasteiger partial charge in [0.05, 0.1) is 17.5 Å². The lowest BCUT2D eigenvalue weighted by atomic mass is 10.1. The number of hydrogen-bond donors (Lipinski definition) is 1. The van der Waals surface area contributed by atoms with Gasteiger partial charge in [0, 0.05) is 10.4 Å². The van der Waals surface area contributed by atoms with Crippen molar-refractivity contribution in [3.63, 3.8) is 0 Å². The van der Waals surface area contributed by atoms with Crippen LogP contribution in [0.1, 0.15) is 30.3 Å². The second-order valence-corrected chi connectivity index (χ2v) is 8.16. The quantitative estimate of drug-likeness (QED) is 0.838. The van der Waals surface area contributed by atoms with Gasteiger partial charge in [0.25, 0.3) is 0 Å². The lowest BCUT2D eigenvalue weighted by Gasteiger charge is -2.36. The standard InChI is InChI=1S/C11H17NO2S2/c1-8-4-5-15-10(8)9-6-16(13,14)7-11(2,3)12-9/h4-5,9,12H,6-7H2,1-3H3. The molecule has 0 radical (unpaired) electrons. The van der Waals surface area contributed by atoms with Crippen LogP contribution in [0.4, 0.5) is 0 Å². The van der Waals surface area contributed by atoms with Crippen molar-refractivity contribution in [2.45, 2.75) is 32.4 Å². The number of aryl methyl sites for hydroxylation is 1. The van der Waals surface area contributed by atoms with E-state index in [0.717, 1.165) is 4.88 Å². The molecule has 0 aliphatic carbocycles. The third kappa shape index (κ3) is 2.47. The van der Waals surface area contributed by atoms with Crippen LogP contribution in [0.5, 0.6) is 0 Å². The molecule has 0 aromatic carbocycles. The van der Waals surface area contributed by atoms with Crippen molar-refractivity contribution in [3.8, 4) is 0 Å². The van der Waals surface area contributed by atoms with E-state index in [2.05, 4.69) is 5.32 Å². The maximum Gasteiger partial charge on any atom is 0.153 e. The summed E-state index contributed by atoms with van der Waals surface area (Å²) < 4.78 is 23.7. The van der Waals surface area contributed by atoms with Gasteiger partial charge >= 0.3 is 0 Å². The molecular weight excluding hydrogens is 242 g/mol. The van der Waals surface area contributed by atoms with Crippen molar-refractivity contribution < 1.29 is 8.42 Å². The molecule has 1 N–H and O–H groups in total. The maximum absolute atomic E-state index is 11.8. The monoisotopic (exact) mass is 259 g/mol. The second kappa shape index (κ2) is 3.82. The van der Waals surface area contributed by atoms with Crippen molar-refractivity contribution in [3.05, 3.63) is 21.9 Å². The van der Waals surface area contributed by atoms with Crippen LogP contribution in [0.3, 0.4) is 0 Å². The summed E-state index contributed by atoms with van der Waals surface area (Å²) in [6, 6.07) is 1.99. The van der Waals surface area contributed by atoms with Crippen LogP contribution in [-0.2, 0) is 9.84 Å². The Hall–Kier alpha value is -0.390. The topological polar surface area (TPSA) is 46.2 Å². The third-order valence-corrected chi connectivity index (χ3v) is 5.92. The van der Waals surface area contributed by atoms with E-state index < -0.39 is 9.84 Å². The average Bonchev–Trinajstić information content (AvgIpc) is 2.45. The summed E-state index contributed by atoms with van der Waals surface area (Å²) >= 11 is 1.63. The van der Waals surface area contributed by atoms with Crippen molar-refractivity contribution in [1.29, 1.82) is 0 Å². The van der Waals surface area contributed by atoms with Gasteiger partial charge in [-0.15, -0.1) is 11.3 Å². The Morgan fingerprint density at radius 2 is 2.19 bits per heavy atom. The molecule has 5 heteroatoms. The van der Waals surface area contributed by atoms with Crippen molar-refractivity contribution in [1.82, 2.24) is 5.32 Å². The zero-order valence-electron chi connectivity index (χ0n) is 9.78. The molecule has 1 unspecified atom stereocenters. The molecule has 2 rings (SSSR count). The summed E-state index contributed by atoms with van der Waals surface area (Å²) in [6.07, 6.45) is 0. The van der Waals surface area contributed by atoms with E-state index in [4.69, 9.17) is 0 Å². The Kier molecular flexibility index (Phi) is 2.88.